The molecule has 3 N–H and O–H groups in total. The van der Waals surface area contributed by atoms with Crippen molar-refractivity contribution in [2.75, 3.05) is 10.6 Å². The van der Waals surface area contributed by atoms with Crippen molar-refractivity contribution in [1.82, 2.24) is 5.32 Å². The van der Waals surface area contributed by atoms with Crippen LogP contribution in [0.25, 0.3) is 0 Å². The third-order valence-corrected chi connectivity index (χ3v) is 5.02. The Balaban J connectivity index is 1.48. The minimum absolute atomic E-state index is 0.112. The Morgan fingerprint density at radius 2 is 1.48 bits per heavy atom. The van der Waals surface area contributed by atoms with Crippen molar-refractivity contribution >= 4 is 52.1 Å². The number of hydrogen-bond acceptors (Lipinski definition) is 3. The first-order valence-corrected chi connectivity index (χ1v) is 10.6. The molecule has 3 aromatic rings. The van der Waals surface area contributed by atoms with E-state index in [0.29, 0.717) is 29.2 Å². The van der Waals surface area contributed by atoms with Gasteiger partial charge in [0.1, 0.15) is 0 Å². The Kier molecular flexibility index (Phi) is 8.15. The predicted molar refractivity (Wildman–Crippen MR) is 129 cm³/mol. The lowest BCUT2D eigenvalue weighted by atomic mass is 10.1. The number of aryl methyl sites for hydroxylation is 1. The van der Waals surface area contributed by atoms with Gasteiger partial charge in [-0.1, -0.05) is 66.2 Å². The van der Waals surface area contributed by atoms with Crippen molar-refractivity contribution in [2.24, 2.45) is 0 Å². The summed E-state index contributed by atoms with van der Waals surface area (Å²) in [5, 5.41) is 9.33. The fraction of sp³-hybridized carbons (Fsp3) is 0.125. The molecule has 0 bridgehead atoms. The van der Waals surface area contributed by atoms with E-state index in [-0.39, 0.29) is 23.3 Å². The maximum absolute atomic E-state index is 12.2. The molecular weight excluding hydrogens is 430 g/mol. The summed E-state index contributed by atoms with van der Waals surface area (Å²) >= 11 is 11.3. The third-order valence-electron chi connectivity index (χ3n) is 4.44. The maximum atomic E-state index is 12.2. The Bertz CT molecular complexity index is 1070. The highest BCUT2D eigenvalue weighted by molar-refractivity contribution is 7.80. The van der Waals surface area contributed by atoms with Gasteiger partial charge < -0.3 is 16.0 Å². The zero-order valence-corrected chi connectivity index (χ0v) is 18.3. The number of hydrogen-bond donors (Lipinski definition) is 3. The standard InChI is InChI=1S/C24H22ClN3O2S/c25-21-12-5-4-9-18(21)13-14-22(29)28-24(31)27-20-11-6-10-19(16-20)26-23(30)15-17-7-2-1-3-8-17/h1-12,16H,13-15H2,(H,26,30)(H2,27,28,29,31). The monoisotopic (exact) mass is 451 g/mol. The third kappa shape index (κ3) is 7.51. The zero-order valence-electron chi connectivity index (χ0n) is 16.7. The molecule has 0 unspecified atom stereocenters. The van der Waals surface area contributed by atoms with Crippen molar-refractivity contribution < 1.29 is 9.59 Å². The van der Waals surface area contributed by atoms with Gasteiger partial charge in [0.05, 0.1) is 6.42 Å². The van der Waals surface area contributed by atoms with Gasteiger partial charge in [-0.2, -0.15) is 0 Å². The molecule has 0 aliphatic rings. The second-order valence-electron chi connectivity index (χ2n) is 6.89. The molecule has 0 aliphatic heterocycles. The first-order chi connectivity index (χ1) is 15.0. The van der Waals surface area contributed by atoms with Crippen LogP contribution in [0.5, 0.6) is 0 Å². The molecule has 0 aromatic heterocycles. The fourth-order valence-corrected chi connectivity index (χ4v) is 3.42. The minimum Gasteiger partial charge on any atom is -0.332 e. The van der Waals surface area contributed by atoms with E-state index in [0.717, 1.165) is 11.1 Å². The Hall–Kier alpha value is -3.22. The molecule has 0 saturated heterocycles. The molecule has 0 aliphatic carbocycles. The van der Waals surface area contributed by atoms with Crippen LogP contribution in [0.4, 0.5) is 11.4 Å². The Morgan fingerprint density at radius 3 is 2.23 bits per heavy atom. The molecule has 0 spiro atoms. The van der Waals surface area contributed by atoms with E-state index >= 15 is 0 Å². The van der Waals surface area contributed by atoms with Crippen LogP contribution in [0.3, 0.4) is 0 Å². The molecule has 158 valence electrons. The van der Waals surface area contributed by atoms with Crippen molar-refractivity contribution in [3.8, 4) is 0 Å². The minimum atomic E-state index is -0.204. The molecule has 0 saturated carbocycles. The van der Waals surface area contributed by atoms with E-state index in [1.54, 1.807) is 30.3 Å². The van der Waals surface area contributed by atoms with Crippen LogP contribution in [-0.4, -0.2) is 16.9 Å². The number of halogens is 1. The number of nitrogens with one attached hydrogen (secondary N) is 3. The summed E-state index contributed by atoms with van der Waals surface area (Å²) in [5.41, 5.74) is 3.15. The van der Waals surface area contributed by atoms with Crippen LogP contribution in [0.2, 0.25) is 5.02 Å². The van der Waals surface area contributed by atoms with Gasteiger partial charge in [0, 0.05) is 22.8 Å². The summed E-state index contributed by atoms with van der Waals surface area (Å²) in [5.74, 6) is -0.316. The summed E-state index contributed by atoms with van der Waals surface area (Å²) in [6, 6.07) is 24.1. The average molecular weight is 452 g/mol. The van der Waals surface area contributed by atoms with Crippen LogP contribution in [0.15, 0.2) is 78.9 Å². The molecule has 0 radical (unpaired) electrons. The lowest BCUT2D eigenvalue weighted by Crippen LogP contribution is -2.34. The fourth-order valence-electron chi connectivity index (χ4n) is 2.96. The molecule has 0 fully saturated rings. The number of benzene rings is 3. The van der Waals surface area contributed by atoms with Gasteiger partial charge in [-0.15, -0.1) is 0 Å². The zero-order chi connectivity index (χ0) is 22.1. The van der Waals surface area contributed by atoms with Crippen molar-refractivity contribution in [3.05, 3.63) is 95.0 Å². The highest BCUT2D eigenvalue weighted by Crippen LogP contribution is 2.17. The van der Waals surface area contributed by atoms with Crippen molar-refractivity contribution in [3.63, 3.8) is 0 Å². The first kappa shape index (κ1) is 22.5. The van der Waals surface area contributed by atoms with Crippen LogP contribution < -0.4 is 16.0 Å². The lowest BCUT2D eigenvalue weighted by Gasteiger charge is -2.12. The van der Waals surface area contributed by atoms with E-state index in [1.807, 2.05) is 48.5 Å². The average Bonchev–Trinajstić information content (AvgIpc) is 2.74. The van der Waals surface area contributed by atoms with E-state index in [2.05, 4.69) is 16.0 Å². The highest BCUT2D eigenvalue weighted by Gasteiger charge is 2.08. The maximum Gasteiger partial charge on any atom is 0.228 e. The molecule has 3 aromatic carbocycles. The molecule has 0 heterocycles. The summed E-state index contributed by atoms with van der Waals surface area (Å²) in [7, 11) is 0. The molecule has 0 atom stereocenters. The molecule has 2 amide bonds. The van der Waals surface area contributed by atoms with Gasteiger partial charge in [0.15, 0.2) is 5.11 Å². The number of carbonyl (C=O) groups is 2. The van der Waals surface area contributed by atoms with Crippen molar-refractivity contribution in [2.45, 2.75) is 19.3 Å². The van der Waals surface area contributed by atoms with Gasteiger partial charge in [-0.3, -0.25) is 9.59 Å². The summed E-state index contributed by atoms with van der Waals surface area (Å²) in [6.45, 7) is 0. The van der Waals surface area contributed by atoms with E-state index in [1.165, 1.54) is 0 Å². The number of anilines is 2. The van der Waals surface area contributed by atoms with Gasteiger partial charge in [0.2, 0.25) is 11.8 Å². The van der Waals surface area contributed by atoms with Crippen molar-refractivity contribution in [1.29, 1.82) is 0 Å². The van der Waals surface area contributed by atoms with E-state index < -0.39 is 0 Å². The summed E-state index contributed by atoms with van der Waals surface area (Å²) < 4.78 is 0. The topological polar surface area (TPSA) is 70.2 Å². The van der Waals surface area contributed by atoms with Crippen LogP contribution >= 0.6 is 23.8 Å². The summed E-state index contributed by atoms with van der Waals surface area (Å²) in [6.07, 6.45) is 1.08. The molecule has 7 heteroatoms. The Morgan fingerprint density at radius 1 is 0.806 bits per heavy atom. The van der Waals surface area contributed by atoms with E-state index in [4.69, 9.17) is 23.8 Å². The SMILES string of the molecule is O=C(CCc1ccccc1Cl)NC(=S)Nc1cccc(NC(=O)Cc2ccccc2)c1. The van der Waals surface area contributed by atoms with Crippen LogP contribution in [0, 0.1) is 0 Å². The van der Waals surface area contributed by atoms with Gasteiger partial charge in [0.25, 0.3) is 0 Å². The molecule has 31 heavy (non-hydrogen) atoms. The van der Waals surface area contributed by atoms with Gasteiger partial charge in [-0.05, 0) is 54.0 Å². The Labute approximate surface area is 191 Å². The van der Waals surface area contributed by atoms with Gasteiger partial charge in [-0.25, -0.2) is 0 Å². The smallest absolute Gasteiger partial charge is 0.228 e. The molecular formula is C24H22ClN3O2S. The second-order valence-corrected chi connectivity index (χ2v) is 7.70. The van der Waals surface area contributed by atoms with Gasteiger partial charge >= 0.3 is 0 Å². The first-order valence-electron chi connectivity index (χ1n) is 9.77. The number of thiocarbonyl (C=S) groups is 1. The highest BCUT2D eigenvalue weighted by atomic mass is 35.5. The predicted octanol–water partition coefficient (Wildman–Crippen LogP) is 4.97. The normalized spacial score (nSPS) is 10.2. The van der Waals surface area contributed by atoms with Crippen LogP contribution in [-0.2, 0) is 22.4 Å². The molecule has 5 nitrogen and oxygen atoms in total. The second kappa shape index (κ2) is 11.2. The summed E-state index contributed by atoms with van der Waals surface area (Å²) in [4.78, 5) is 24.4. The number of amides is 2. The lowest BCUT2D eigenvalue weighted by molar-refractivity contribution is -0.119. The number of carbonyl (C=O) groups excluding carboxylic acids is 2. The largest absolute Gasteiger partial charge is 0.332 e. The van der Waals surface area contributed by atoms with E-state index in [9.17, 15) is 9.59 Å². The molecule has 3 rings (SSSR count). The van der Waals surface area contributed by atoms with Crippen LogP contribution in [0.1, 0.15) is 17.5 Å². The quantitative estimate of drug-likeness (QED) is 0.444. The number of rotatable bonds is 7.